The maximum atomic E-state index is 13.1. The number of ether oxygens (including phenoxy) is 1. The van der Waals surface area contributed by atoms with E-state index in [0.29, 0.717) is 28.9 Å². The Morgan fingerprint density at radius 2 is 1.90 bits per heavy atom. The number of piperazine rings is 1. The number of carbonyl (C=O) groups excluding carboxylic acids is 1. The van der Waals surface area contributed by atoms with Gasteiger partial charge >= 0.3 is 0 Å². The van der Waals surface area contributed by atoms with Crippen LogP contribution >= 0.6 is 0 Å². The van der Waals surface area contributed by atoms with E-state index in [1.165, 1.54) is 0 Å². The zero-order valence-corrected chi connectivity index (χ0v) is 18.0. The van der Waals surface area contributed by atoms with Crippen LogP contribution in [0, 0.1) is 0 Å². The van der Waals surface area contributed by atoms with Gasteiger partial charge in [0.1, 0.15) is 11.4 Å². The highest BCUT2D eigenvalue weighted by atomic mass is 16.5. The molecule has 162 valence electrons. The van der Waals surface area contributed by atoms with Gasteiger partial charge in [-0.25, -0.2) is 0 Å². The second-order valence-electron chi connectivity index (χ2n) is 7.73. The number of benzene rings is 1. The van der Waals surface area contributed by atoms with Crippen molar-refractivity contribution in [1.29, 1.82) is 0 Å². The summed E-state index contributed by atoms with van der Waals surface area (Å²) in [6.07, 6.45) is 1.64. The van der Waals surface area contributed by atoms with E-state index in [-0.39, 0.29) is 11.9 Å². The molecule has 0 bridgehead atoms. The number of aromatic nitrogens is 4. The number of pyridine rings is 1. The second-order valence-corrected chi connectivity index (χ2v) is 7.73. The molecule has 0 spiro atoms. The minimum atomic E-state index is -0.373. The van der Waals surface area contributed by atoms with Gasteiger partial charge in [0.05, 0.1) is 12.8 Å². The molecule has 0 unspecified atom stereocenters. The molecule has 31 heavy (non-hydrogen) atoms. The van der Waals surface area contributed by atoms with Crippen molar-refractivity contribution in [2.24, 2.45) is 0 Å². The van der Waals surface area contributed by atoms with E-state index in [1.807, 2.05) is 12.1 Å². The second kappa shape index (κ2) is 8.73. The molecule has 0 radical (unpaired) electrons. The molecule has 1 saturated heterocycles. The van der Waals surface area contributed by atoms with Gasteiger partial charge in [0.25, 0.3) is 5.91 Å². The fourth-order valence-electron chi connectivity index (χ4n) is 3.75. The first-order valence-corrected chi connectivity index (χ1v) is 10.3. The van der Waals surface area contributed by atoms with Crippen LogP contribution in [0.4, 0.5) is 11.6 Å². The maximum Gasteiger partial charge on any atom is 0.281 e. The van der Waals surface area contributed by atoms with Gasteiger partial charge in [-0.2, -0.15) is 9.67 Å². The lowest BCUT2D eigenvalue weighted by Gasteiger charge is -2.38. The number of methoxy groups -OCH3 is 1. The molecule has 0 atom stereocenters. The summed E-state index contributed by atoms with van der Waals surface area (Å²) in [5.41, 5.74) is 7.92. The molecule has 1 aromatic carbocycles. The monoisotopic (exact) mass is 421 g/mol. The van der Waals surface area contributed by atoms with Crippen molar-refractivity contribution in [2.45, 2.75) is 19.9 Å². The Labute approximate surface area is 181 Å². The number of hydrogen-bond donors (Lipinski definition) is 1. The van der Waals surface area contributed by atoms with Gasteiger partial charge in [-0.3, -0.25) is 14.7 Å². The van der Waals surface area contributed by atoms with Crippen LogP contribution in [-0.2, 0) is 0 Å². The Balaban J connectivity index is 1.57. The molecular formula is C22H27N7O2. The first kappa shape index (κ1) is 20.8. The predicted octanol–water partition coefficient (Wildman–Crippen LogP) is 2.15. The quantitative estimate of drug-likeness (QED) is 0.669. The molecule has 9 heteroatoms. The van der Waals surface area contributed by atoms with E-state index in [9.17, 15) is 4.79 Å². The van der Waals surface area contributed by atoms with Crippen molar-refractivity contribution in [2.75, 3.05) is 43.9 Å². The Bertz CT molecular complexity index is 1060. The number of rotatable bonds is 5. The van der Waals surface area contributed by atoms with Crippen LogP contribution in [0.5, 0.6) is 5.75 Å². The lowest BCUT2D eigenvalue weighted by atomic mass is 10.1. The molecule has 0 amide bonds. The topological polar surface area (TPSA) is 102 Å². The highest BCUT2D eigenvalue weighted by Gasteiger charge is 2.23. The zero-order chi connectivity index (χ0) is 22.0. The average molecular weight is 422 g/mol. The Morgan fingerprint density at radius 1 is 1.13 bits per heavy atom. The van der Waals surface area contributed by atoms with Crippen molar-refractivity contribution in [3.05, 3.63) is 48.2 Å². The summed E-state index contributed by atoms with van der Waals surface area (Å²) in [4.78, 5) is 26.2. The summed E-state index contributed by atoms with van der Waals surface area (Å²) in [6.45, 7) is 8.23. The van der Waals surface area contributed by atoms with E-state index < -0.39 is 0 Å². The summed E-state index contributed by atoms with van der Waals surface area (Å²) in [5, 5.41) is 4.26. The third-order valence-corrected chi connectivity index (χ3v) is 5.53. The first-order valence-electron chi connectivity index (χ1n) is 10.3. The molecular weight excluding hydrogens is 394 g/mol. The Hall–Kier alpha value is -3.46. The Kier molecular flexibility index (Phi) is 5.85. The molecule has 0 saturated carbocycles. The molecule has 3 heterocycles. The molecule has 2 N–H and O–H groups in total. The minimum absolute atomic E-state index is 0.0125. The van der Waals surface area contributed by atoms with Crippen LogP contribution in [0.15, 0.2) is 42.6 Å². The van der Waals surface area contributed by atoms with E-state index in [1.54, 1.807) is 37.6 Å². The third-order valence-electron chi connectivity index (χ3n) is 5.53. The largest absolute Gasteiger partial charge is 0.495 e. The highest BCUT2D eigenvalue weighted by Crippen LogP contribution is 2.31. The van der Waals surface area contributed by atoms with Gasteiger partial charge in [-0.1, -0.05) is 6.07 Å². The number of nitrogens with zero attached hydrogens (tertiary/aromatic N) is 6. The number of hydrogen-bond acceptors (Lipinski definition) is 8. The SMILES string of the molecule is COc1cc(C(=O)n2nc(-c3ccccn3)nc2N)ccc1N1CCN(C(C)C)CC1. The zero-order valence-electron chi connectivity index (χ0n) is 18.0. The standard InChI is InChI=1S/C22H27N7O2/c1-15(2)27-10-12-28(13-11-27)18-8-7-16(14-19(18)31-3)21(30)29-22(23)25-20(26-29)17-6-4-5-9-24-17/h4-9,14-15H,10-13H2,1-3H3,(H2,23,25,26). The molecule has 3 aromatic rings. The van der Waals surface area contributed by atoms with Gasteiger partial charge in [0, 0.05) is 44.0 Å². The first-order chi connectivity index (χ1) is 15.0. The number of anilines is 2. The van der Waals surface area contributed by atoms with Gasteiger partial charge < -0.3 is 15.4 Å². The Morgan fingerprint density at radius 3 is 2.55 bits per heavy atom. The van der Waals surface area contributed by atoms with E-state index >= 15 is 0 Å². The van der Waals surface area contributed by atoms with Gasteiger partial charge in [0.15, 0.2) is 0 Å². The summed E-state index contributed by atoms with van der Waals surface area (Å²) in [7, 11) is 1.61. The van der Waals surface area contributed by atoms with E-state index in [4.69, 9.17) is 10.5 Å². The summed E-state index contributed by atoms with van der Waals surface area (Å²) in [6, 6.07) is 11.3. The van der Waals surface area contributed by atoms with Crippen molar-refractivity contribution in [3.63, 3.8) is 0 Å². The third kappa shape index (κ3) is 4.22. The lowest BCUT2D eigenvalue weighted by molar-refractivity contribution is 0.0947. The predicted molar refractivity (Wildman–Crippen MR) is 119 cm³/mol. The van der Waals surface area contributed by atoms with Crippen LogP contribution in [0.25, 0.3) is 11.5 Å². The van der Waals surface area contributed by atoms with Crippen molar-refractivity contribution in [1.82, 2.24) is 24.6 Å². The molecule has 1 fully saturated rings. The molecule has 0 aliphatic carbocycles. The van der Waals surface area contributed by atoms with Crippen LogP contribution in [0.3, 0.4) is 0 Å². The van der Waals surface area contributed by atoms with Gasteiger partial charge in [0.2, 0.25) is 11.8 Å². The average Bonchev–Trinajstić information content (AvgIpc) is 3.20. The van der Waals surface area contributed by atoms with Gasteiger partial charge in [-0.15, -0.1) is 5.10 Å². The molecule has 1 aliphatic rings. The number of carbonyl (C=O) groups is 1. The maximum absolute atomic E-state index is 13.1. The smallest absolute Gasteiger partial charge is 0.281 e. The fourth-order valence-corrected chi connectivity index (χ4v) is 3.75. The lowest BCUT2D eigenvalue weighted by Crippen LogP contribution is -2.49. The molecule has 1 aliphatic heterocycles. The molecule has 9 nitrogen and oxygen atoms in total. The van der Waals surface area contributed by atoms with E-state index in [2.05, 4.69) is 38.7 Å². The summed E-state index contributed by atoms with van der Waals surface area (Å²) >= 11 is 0. The van der Waals surface area contributed by atoms with Crippen molar-refractivity contribution < 1.29 is 9.53 Å². The van der Waals surface area contributed by atoms with E-state index in [0.717, 1.165) is 36.5 Å². The molecule has 2 aromatic heterocycles. The minimum Gasteiger partial charge on any atom is -0.495 e. The number of nitrogen functional groups attached to an aromatic ring is 1. The van der Waals surface area contributed by atoms with Crippen molar-refractivity contribution in [3.8, 4) is 17.3 Å². The fraction of sp³-hybridized carbons (Fsp3) is 0.364. The van der Waals surface area contributed by atoms with Crippen LogP contribution in [0.1, 0.15) is 24.2 Å². The summed E-state index contributed by atoms with van der Waals surface area (Å²) in [5.74, 6) is 0.589. The summed E-state index contributed by atoms with van der Waals surface area (Å²) < 4.78 is 6.71. The van der Waals surface area contributed by atoms with Crippen LogP contribution in [0.2, 0.25) is 0 Å². The normalized spacial score (nSPS) is 14.8. The molecule has 4 rings (SSSR count). The van der Waals surface area contributed by atoms with Crippen LogP contribution < -0.4 is 15.4 Å². The number of nitrogens with two attached hydrogens (primary N) is 1. The van der Waals surface area contributed by atoms with Crippen molar-refractivity contribution >= 4 is 17.5 Å². The van der Waals surface area contributed by atoms with Crippen LogP contribution in [-0.4, -0.2) is 69.9 Å². The highest BCUT2D eigenvalue weighted by molar-refractivity contribution is 5.98. The van der Waals surface area contributed by atoms with Gasteiger partial charge in [-0.05, 0) is 44.2 Å².